The topological polar surface area (TPSA) is 113 Å². The van der Waals surface area contributed by atoms with E-state index in [1.54, 1.807) is 13.2 Å². The van der Waals surface area contributed by atoms with Gasteiger partial charge < -0.3 is 15.0 Å². The SMILES string of the molecule is COCc1[nH]nc(NC(=O)c2cc(CC(C)C)[nH]c(=O)n2)c1-c1ccccc1. The molecular weight excluding hydrogens is 358 g/mol. The molecule has 0 spiro atoms. The Labute approximate surface area is 162 Å². The van der Waals surface area contributed by atoms with Crippen LogP contribution in [0.15, 0.2) is 41.2 Å². The van der Waals surface area contributed by atoms with Gasteiger partial charge in [0.05, 0.1) is 12.3 Å². The van der Waals surface area contributed by atoms with Crippen LogP contribution in [0.25, 0.3) is 11.1 Å². The van der Waals surface area contributed by atoms with Gasteiger partial charge in [0.1, 0.15) is 5.69 Å². The lowest BCUT2D eigenvalue weighted by molar-refractivity contribution is 0.102. The number of carbonyl (C=O) groups is 1. The summed E-state index contributed by atoms with van der Waals surface area (Å²) in [5, 5.41) is 9.88. The van der Waals surface area contributed by atoms with Gasteiger partial charge in [-0.1, -0.05) is 44.2 Å². The van der Waals surface area contributed by atoms with Crippen LogP contribution in [-0.4, -0.2) is 33.2 Å². The predicted molar refractivity (Wildman–Crippen MR) is 106 cm³/mol. The van der Waals surface area contributed by atoms with Crippen LogP contribution in [0.5, 0.6) is 0 Å². The zero-order chi connectivity index (χ0) is 20.1. The van der Waals surface area contributed by atoms with E-state index >= 15 is 0 Å². The molecule has 146 valence electrons. The number of aromatic amines is 2. The molecule has 0 fully saturated rings. The van der Waals surface area contributed by atoms with E-state index in [0.29, 0.717) is 30.5 Å². The van der Waals surface area contributed by atoms with Crippen LogP contribution in [0, 0.1) is 5.92 Å². The van der Waals surface area contributed by atoms with Gasteiger partial charge in [-0.3, -0.25) is 9.89 Å². The molecule has 1 aromatic carbocycles. The molecule has 2 aromatic heterocycles. The van der Waals surface area contributed by atoms with Crippen LogP contribution in [0.1, 0.15) is 35.7 Å². The van der Waals surface area contributed by atoms with E-state index in [4.69, 9.17) is 4.74 Å². The van der Waals surface area contributed by atoms with E-state index in [9.17, 15) is 9.59 Å². The molecule has 0 aliphatic rings. The van der Waals surface area contributed by atoms with Crippen LogP contribution in [0.4, 0.5) is 5.82 Å². The summed E-state index contributed by atoms with van der Waals surface area (Å²) in [6.45, 7) is 4.38. The molecule has 0 unspecified atom stereocenters. The van der Waals surface area contributed by atoms with Gasteiger partial charge in [-0.15, -0.1) is 0 Å². The van der Waals surface area contributed by atoms with Crippen molar-refractivity contribution in [1.29, 1.82) is 0 Å². The van der Waals surface area contributed by atoms with E-state index < -0.39 is 11.6 Å². The van der Waals surface area contributed by atoms with Gasteiger partial charge in [0.25, 0.3) is 5.91 Å². The average Bonchev–Trinajstić information content (AvgIpc) is 3.04. The number of hydrogen-bond acceptors (Lipinski definition) is 5. The first-order valence-electron chi connectivity index (χ1n) is 9.01. The molecule has 0 saturated carbocycles. The number of aromatic nitrogens is 4. The largest absolute Gasteiger partial charge is 0.378 e. The summed E-state index contributed by atoms with van der Waals surface area (Å²) in [6.07, 6.45) is 0.647. The first kappa shape index (κ1) is 19.5. The third kappa shape index (κ3) is 4.52. The summed E-state index contributed by atoms with van der Waals surface area (Å²) in [6, 6.07) is 11.2. The van der Waals surface area contributed by atoms with Crippen LogP contribution in [-0.2, 0) is 17.8 Å². The van der Waals surface area contributed by atoms with Crippen molar-refractivity contribution in [1.82, 2.24) is 20.2 Å². The fraction of sp³-hybridized carbons (Fsp3) is 0.300. The predicted octanol–water partition coefficient (Wildman–Crippen LogP) is 2.76. The third-order valence-corrected chi connectivity index (χ3v) is 4.09. The molecule has 3 rings (SSSR count). The third-order valence-electron chi connectivity index (χ3n) is 4.09. The number of anilines is 1. The molecule has 28 heavy (non-hydrogen) atoms. The fourth-order valence-electron chi connectivity index (χ4n) is 2.98. The van der Waals surface area contributed by atoms with Crippen molar-refractivity contribution in [3.63, 3.8) is 0 Å². The van der Waals surface area contributed by atoms with Gasteiger partial charge in [0, 0.05) is 18.4 Å². The molecule has 0 aliphatic carbocycles. The lowest BCUT2D eigenvalue weighted by atomic mass is 10.1. The molecular formula is C20H23N5O3. The maximum Gasteiger partial charge on any atom is 0.345 e. The van der Waals surface area contributed by atoms with Crippen molar-refractivity contribution in [2.45, 2.75) is 26.9 Å². The Balaban J connectivity index is 1.93. The minimum atomic E-state index is -0.548. The molecule has 2 heterocycles. The Hall–Kier alpha value is -3.26. The monoisotopic (exact) mass is 381 g/mol. The summed E-state index contributed by atoms with van der Waals surface area (Å²) in [5.74, 6) is 0.195. The Bertz CT molecular complexity index is 1010. The zero-order valence-corrected chi connectivity index (χ0v) is 16.1. The van der Waals surface area contributed by atoms with E-state index in [1.165, 1.54) is 0 Å². The highest BCUT2D eigenvalue weighted by Crippen LogP contribution is 2.30. The van der Waals surface area contributed by atoms with Gasteiger partial charge >= 0.3 is 5.69 Å². The summed E-state index contributed by atoms with van der Waals surface area (Å²) in [5.41, 5.74) is 2.54. The highest BCUT2D eigenvalue weighted by atomic mass is 16.5. The number of H-pyrrole nitrogens is 2. The molecule has 8 nitrogen and oxygen atoms in total. The summed E-state index contributed by atoms with van der Waals surface area (Å²) >= 11 is 0. The Morgan fingerprint density at radius 2 is 2.00 bits per heavy atom. The minimum Gasteiger partial charge on any atom is -0.378 e. The second-order valence-corrected chi connectivity index (χ2v) is 6.87. The lowest BCUT2D eigenvalue weighted by Crippen LogP contribution is -2.22. The van der Waals surface area contributed by atoms with Crippen LogP contribution in [0.2, 0.25) is 0 Å². The summed E-state index contributed by atoms with van der Waals surface area (Å²) in [4.78, 5) is 31.1. The standard InChI is InChI=1S/C20H23N5O3/c1-12(2)9-14-10-15(22-20(27)21-14)19(26)23-18-17(13-7-5-4-6-8-13)16(11-28-3)24-25-18/h4-8,10,12H,9,11H2,1-3H3,(H,21,22,27)(H2,23,24,25,26). The lowest BCUT2D eigenvalue weighted by Gasteiger charge is -2.09. The number of hydrogen-bond donors (Lipinski definition) is 3. The number of benzene rings is 1. The molecule has 8 heteroatoms. The van der Waals surface area contributed by atoms with Crippen molar-refractivity contribution in [3.8, 4) is 11.1 Å². The second-order valence-electron chi connectivity index (χ2n) is 6.87. The molecule has 1 amide bonds. The highest BCUT2D eigenvalue weighted by molar-refractivity contribution is 6.04. The highest BCUT2D eigenvalue weighted by Gasteiger charge is 2.19. The number of rotatable bonds is 7. The molecule has 0 aliphatic heterocycles. The summed E-state index contributed by atoms with van der Waals surface area (Å²) < 4.78 is 5.22. The molecule has 0 saturated heterocycles. The number of amides is 1. The molecule has 0 radical (unpaired) electrons. The molecule has 0 atom stereocenters. The van der Waals surface area contributed by atoms with E-state index in [-0.39, 0.29) is 5.69 Å². The maximum absolute atomic E-state index is 12.7. The van der Waals surface area contributed by atoms with Gasteiger partial charge in [0.15, 0.2) is 5.82 Å². The Morgan fingerprint density at radius 3 is 2.68 bits per heavy atom. The number of methoxy groups -OCH3 is 1. The number of carbonyl (C=O) groups excluding carboxylic acids is 1. The van der Waals surface area contributed by atoms with Gasteiger partial charge in [-0.25, -0.2) is 4.79 Å². The Kier molecular flexibility index (Phi) is 6.00. The minimum absolute atomic E-state index is 0.0507. The summed E-state index contributed by atoms with van der Waals surface area (Å²) in [7, 11) is 1.59. The number of nitrogens with one attached hydrogen (secondary N) is 3. The first-order valence-corrected chi connectivity index (χ1v) is 9.01. The maximum atomic E-state index is 12.7. The first-order chi connectivity index (χ1) is 13.5. The fourth-order valence-corrected chi connectivity index (χ4v) is 2.98. The molecule has 3 aromatic rings. The average molecular weight is 381 g/mol. The van der Waals surface area contributed by atoms with Crippen LogP contribution in [0.3, 0.4) is 0 Å². The van der Waals surface area contributed by atoms with E-state index in [1.807, 2.05) is 44.2 Å². The van der Waals surface area contributed by atoms with Crippen molar-refractivity contribution in [2.24, 2.45) is 5.92 Å². The normalized spacial score (nSPS) is 11.0. The van der Waals surface area contributed by atoms with Crippen molar-refractivity contribution in [2.75, 3.05) is 12.4 Å². The van der Waals surface area contributed by atoms with Crippen molar-refractivity contribution in [3.05, 3.63) is 64.0 Å². The zero-order valence-electron chi connectivity index (χ0n) is 16.1. The quantitative estimate of drug-likeness (QED) is 0.582. The van der Waals surface area contributed by atoms with Gasteiger partial charge in [-0.05, 0) is 24.0 Å². The molecule has 0 bridgehead atoms. The smallest absolute Gasteiger partial charge is 0.345 e. The number of ether oxygens (including phenoxy) is 1. The van der Waals surface area contributed by atoms with Crippen LogP contribution >= 0.6 is 0 Å². The van der Waals surface area contributed by atoms with E-state index in [2.05, 4.69) is 25.5 Å². The van der Waals surface area contributed by atoms with E-state index in [0.717, 1.165) is 16.8 Å². The molecule has 3 N–H and O–H groups in total. The van der Waals surface area contributed by atoms with Crippen molar-refractivity contribution < 1.29 is 9.53 Å². The van der Waals surface area contributed by atoms with Crippen LogP contribution < -0.4 is 11.0 Å². The number of nitrogens with zero attached hydrogens (tertiary/aromatic N) is 2. The second kappa shape index (κ2) is 8.62. The van der Waals surface area contributed by atoms with Gasteiger partial charge in [-0.2, -0.15) is 10.1 Å². The van der Waals surface area contributed by atoms with Crippen molar-refractivity contribution >= 4 is 11.7 Å². The Morgan fingerprint density at radius 1 is 1.25 bits per heavy atom. The van der Waals surface area contributed by atoms with Gasteiger partial charge in [0.2, 0.25) is 0 Å².